The number of hydrogen-bond acceptors (Lipinski definition) is 3. The third kappa shape index (κ3) is 3.75. The van der Waals surface area contributed by atoms with Gasteiger partial charge in [0.1, 0.15) is 18.3 Å². The Morgan fingerprint density at radius 1 is 1.10 bits per heavy atom. The number of ether oxygens (including phenoxy) is 2. The number of esters is 1. The van der Waals surface area contributed by atoms with Crippen LogP contribution in [0.4, 0.5) is 0 Å². The van der Waals surface area contributed by atoms with E-state index < -0.39 is 5.92 Å². The molecule has 2 rings (SSSR count). The Labute approximate surface area is 123 Å². The Morgan fingerprint density at radius 3 is 2.35 bits per heavy atom. The molecule has 2 aromatic rings. The van der Waals surface area contributed by atoms with Crippen molar-refractivity contribution in [1.82, 2.24) is 0 Å². The van der Waals surface area contributed by atoms with E-state index in [2.05, 4.69) is 0 Å². The van der Waals surface area contributed by atoms with Crippen LogP contribution >= 0.6 is 11.6 Å². The monoisotopic (exact) mass is 290 g/mol. The van der Waals surface area contributed by atoms with Gasteiger partial charge in [-0.05, 0) is 29.8 Å². The fourth-order valence-electron chi connectivity index (χ4n) is 1.84. The Morgan fingerprint density at radius 2 is 1.75 bits per heavy atom. The first-order chi connectivity index (χ1) is 9.70. The quantitative estimate of drug-likeness (QED) is 0.788. The van der Waals surface area contributed by atoms with Gasteiger partial charge in [-0.15, -0.1) is 0 Å². The van der Waals surface area contributed by atoms with Crippen LogP contribution in [-0.4, -0.2) is 19.7 Å². The Balaban J connectivity index is 2.09. The molecule has 3 nitrogen and oxygen atoms in total. The van der Waals surface area contributed by atoms with E-state index in [0.717, 1.165) is 5.56 Å². The molecule has 2 aromatic carbocycles. The minimum absolute atomic E-state index is 0.221. The van der Waals surface area contributed by atoms with Crippen molar-refractivity contribution >= 4 is 17.6 Å². The van der Waals surface area contributed by atoms with E-state index in [4.69, 9.17) is 21.1 Å². The maximum absolute atomic E-state index is 11.9. The van der Waals surface area contributed by atoms with Gasteiger partial charge in [-0.25, -0.2) is 0 Å². The largest absolute Gasteiger partial charge is 0.492 e. The second-order valence-electron chi connectivity index (χ2n) is 4.25. The predicted octanol–water partition coefficient (Wildman–Crippen LogP) is 3.68. The van der Waals surface area contributed by atoms with Crippen molar-refractivity contribution in [3.8, 4) is 5.75 Å². The summed E-state index contributed by atoms with van der Waals surface area (Å²) in [7, 11) is 1.38. The van der Waals surface area contributed by atoms with Crippen LogP contribution in [0.3, 0.4) is 0 Å². The van der Waals surface area contributed by atoms with Crippen molar-refractivity contribution < 1.29 is 14.3 Å². The van der Waals surface area contributed by atoms with Gasteiger partial charge in [0.15, 0.2) is 0 Å². The van der Waals surface area contributed by atoms with Crippen LogP contribution in [0.25, 0.3) is 0 Å². The third-order valence-electron chi connectivity index (χ3n) is 2.92. The Bertz CT molecular complexity index is 552. The molecular weight excluding hydrogens is 276 g/mol. The van der Waals surface area contributed by atoms with Gasteiger partial charge in [-0.2, -0.15) is 0 Å². The van der Waals surface area contributed by atoms with Gasteiger partial charge in [0, 0.05) is 5.02 Å². The summed E-state index contributed by atoms with van der Waals surface area (Å²) in [6.45, 7) is 0.221. The first-order valence-electron chi connectivity index (χ1n) is 6.22. The van der Waals surface area contributed by atoms with E-state index in [-0.39, 0.29) is 12.6 Å². The average Bonchev–Trinajstić information content (AvgIpc) is 2.50. The standard InChI is InChI=1S/C16H15ClO3/c1-19-16(18)15(12-5-3-2-4-6-12)11-20-14-9-7-13(17)8-10-14/h2-10,15H,11H2,1H3. The molecule has 0 aliphatic heterocycles. The van der Waals surface area contributed by atoms with Gasteiger partial charge in [0.25, 0.3) is 0 Å². The van der Waals surface area contributed by atoms with E-state index in [1.54, 1.807) is 24.3 Å². The second-order valence-corrected chi connectivity index (χ2v) is 4.69. The highest BCUT2D eigenvalue weighted by atomic mass is 35.5. The van der Waals surface area contributed by atoms with Gasteiger partial charge in [-0.1, -0.05) is 41.9 Å². The fraction of sp³-hybridized carbons (Fsp3) is 0.188. The molecule has 0 spiro atoms. The molecule has 4 heteroatoms. The summed E-state index contributed by atoms with van der Waals surface area (Å²) < 4.78 is 10.5. The molecule has 0 heterocycles. The fourth-order valence-corrected chi connectivity index (χ4v) is 1.96. The summed E-state index contributed by atoms with van der Waals surface area (Å²) in [6.07, 6.45) is 0. The highest BCUT2D eigenvalue weighted by Gasteiger charge is 2.22. The second kappa shape index (κ2) is 6.96. The molecule has 1 atom stereocenters. The summed E-state index contributed by atoms with van der Waals surface area (Å²) in [6, 6.07) is 16.4. The van der Waals surface area contributed by atoms with Gasteiger partial charge in [0.2, 0.25) is 0 Å². The minimum atomic E-state index is -0.447. The Kier molecular flexibility index (Phi) is 5.02. The number of rotatable bonds is 5. The number of benzene rings is 2. The molecule has 0 N–H and O–H groups in total. The summed E-state index contributed by atoms with van der Waals surface area (Å²) >= 11 is 5.81. The first-order valence-corrected chi connectivity index (χ1v) is 6.59. The summed E-state index contributed by atoms with van der Waals surface area (Å²) in [5.41, 5.74) is 0.869. The lowest BCUT2D eigenvalue weighted by molar-refractivity contribution is -0.143. The van der Waals surface area contributed by atoms with Crippen molar-refractivity contribution in [2.75, 3.05) is 13.7 Å². The molecule has 0 amide bonds. The molecule has 0 saturated carbocycles. The van der Waals surface area contributed by atoms with Crippen LogP contribution in [0.1, 0.15) is 11.5 Å². The van der Waals surface area contributed by atoms with Crippen LogP contribution in [0.5, 0.6) is 5.75 Å². The summed E-state index contributed by atoms with van der Waals surface area (Å²) in [5.74, 6) is -0.0960. The zero-order chi connectivity index (χ0) is 14.4. The van der Waals surface area contributed by atoms with Crippen molar-refractivity contribution in [2.24, 2.45) is 0 Å². The number of carbonyl (C=O) groups is 1. The molecule has 0 fully saturated rings. The van der Waals surface area contributed by atoms with Gasteiger partial charge in [-0.3, -0.25) is 4.79 Å². The van der Waals surface area contributed by atoms with Crippen molar-refractivity contribution in [3.63, 3.8) is 0 Å². The predicted molar refractivity (Wildman–Crippen MR) is 78.1 cm³/mol. The maximum atomic E-state index is 11.9. The first kappa shape index (κ1) is 14.4. The van der Waals surface area contributed by atoms with Gasteiger partial charge < -0.3 is 9.47 Å². The van der Waals surface area contributed by atoms with Crippen molar-refractivity contribution in [1.29, 1.82) is 0 Å². The van der Waals surface area contributed by atoms with E-state index in [1.807, 2.05) is 30.3 Å². The lowest BCUT2D eigenvalue weighted by Gasteiger charge is -2.16. The third-order valence-corrected chi connectivity index (χ3v) is 3.17. The topological polar surface area (TPSA) is 35.5 Å². The highest BCUT2D eigenvalue weighted by Crippen LogP contribution is 2.21. The minimum Gasteiger partial charge on any atom is -0.492 e. The van der Waals surface area contributed by atoms with Crippen LogP contribution in [-0.2, 0) is 9.53 Å². The highest BCUT2D eigenvalue weighted by molar-refractivity contribution is 6.30. The molecule has 1 unspecified atom stereocenters. The summed E-state index contributed by atoms with van der Waals surface area (Å²) in [5, 5.41) is 0.643. The molecule has 0 aliphatic rings. The molecule has 0 bridgehead atoms. The molecule has 0 aliphatic carbocycles. The molecule has 104 valence electrons. The van der Waals surface area contributed by atoms with E-state index in [1.165, 1.54) is 7.11 Å². The Hall–Kier alpha value is -2.00. The molecule has 20 heavy (non-hydrogen) atoms. The molecule has 0 aromatic heterocycles. The van der Waals surface area contributed by atoms with Gasteiger partial charge in [0.05, 0.1) is 7.11 Å². The maximum Gasteiger partial charge on any atom is 0.316 e. The molecule has 0 radical (unpaired) electrons. The lowest BCUT2D eigenvalue weighted by atomic mass is 10.0. The van der Waals surface area contributed by atoms with Crippen LogP contribution in [0.2, 0.25) is 5.02 Å². The van der Waals surface area contributed by atoms with E-state index in [9.17, 15) is 4.79 Å². The van der Waals surface area contributed by atoms with Crippen LogP contribution in [0.15, 0.2) is 54.6 Å². The zero-order valence-electron chi connectivity index (χ0n) is 11.1. The lowest BCUT2D eigenvalue weighted by Crippen LogP contribution is -2.21. The summed E-state index contributed by atoms with van der Waals surface area (Å²) in [4.78, 5) is 11.9. The van der Waals surface area contributed by atoms with Crippen LogP contribution < -0.4 is 4.74 Å². The number of halogens is 1. The zero-order valence-corrected chi connectivity index (χ0v) is 11.8. The van der Waals surface area contributed by atoms with E-state index in [0.29, 0.717) is 10.8 Å². The smallest absolute Gasteiger partial charge is 0.316 e. The average molecular weight is 291 g/mol. The SMILES string of the molecule is COC(=O)C(COc1ccc(Cl)cc1)c1ccccc1. The molecule has 0 saturated heterocycles. The normalized spacial score (nSPS) is 11.7. The number of carbonyl (C=O) groups excluding carboxylic acids is 1. The van der Waals surface area contributed by atoms with Crippen molar-refractivity contribution in [3.05, 3.63) is 65.2 Å². The molecular formula is C16H15ClO3. The van der Waals surface area contributed by atoms with Gasteiger partial charge >= 0.3 is 5.97 Å². The number of methoxy groups -OCH3 is 1. The van der Waals surface area contributed by atoms with Crippen molar-refractivity contribution in [2.45, 2.75) is 5.92 Å². The number of hydrogen-bond donors (Lipinski definition) is 0. The van der Waals surface area contributed by atoms with Crippen LogP contribution in [0, 0.1) is 0 Å². The van der Waals surface area contributed by atoms with E-state index >= 15 is 0 Å².